The van der Waals surface area contributed by atoms with Crippen LogP contribution >= 0.6 is 11.6 Å². The lowest BCUT2D eigenvalue weighted by atomic mass is 9.87. The van der Waals surface area contributed by atoms with Crippen LogP contribution < -0.4 is 4.74 Å². The van der Waals surface area contributed by atoms with Crippen LogP contribution in [0.5, 0.6) is 6.01 Å². The monoisotopic (exact) mass is 600 g/mol. The summed E-state index contributed by atoms with van der Waals surface area (Å²) in [6.45, 7) is 1.08. The number of nitrogens with one attached hydrogen (secondary N) is 1. The highest BCUT2D eigenvalue weighted by Crippen LogP contribution is 2.33. The van der Waals surface area contributed by atoms with Gasteiger partial charge in [0.2, 0.25) is 0 Å². The minimum Gasteiger partial charge on any atom is -0.481 e. The van der Waals surface area contributed by atoms with Crippen LogP contribution in [0, 0.1) is 5.92 Å². The van der Waals surface area contributed by atoms with Gasteiger partial charge in [0.05, 0.1) is 28.3 Å². The molecule has 2 aliphatic rings. The van der Waals surface area contributed by atoms with E-state index in [1.54, 1.807) is 6.07 Å². The minimum absolute atomic E-state index is 0.0985. The number of carbonyl (C=O) groups is 1. The van der Waals surface area contributed by atoms with E-state index in [1.807, 2.05) is 53.4 Å². The van der Waals surface area contributed by atoms with Crippen LogP contribution in [-0.2, 0) is 16.1 Å². The number of halogens is 4. The highest BCUT2D eigenvalue weighted by molar-refractivity contribution is 6.33. The van der Waals surface area contributed by atoms with Gasteiger partial charge in [0.1, 0.15) is 6.10 Å². The van der Waals surface area contributed by atoms with Crippen LogP contribution in [0.4, 0.5) is 13.2 Å². The standard InChI is InChI=1S/C30H28ClF3N4O4/c31-24-13-25-27(37-29(35-25)41-22-11-9-21(10-12-22)28(39)40)36-26(24)20-7-5-19(6-8-20)18-3-1-17(2-4-18)14-38-15-23(16-38)42-30(32,33)34/h1-8,13,21-23H,9-12,14-16H2,(H,39,40)(H,35,36,37). The number of carboxylic acid groups (broad SMARTS) is 1. The van der Waals surface area contributed by atoms with Crippen molar-refractivity contribution in [1.29, 1.82) is 0 Å². The van der Waals surface area contributed by atoms with E-state index in [9.17, 15) is 23.1 Å². The van der Waals surface area contributed by atoms with Crippen molar-refractivity contribution < 1.29 is 32.5 Å². The summed E-state index contributed by atoms with van der Waals surface area (Å²) < 4.78 is 47.0. The molecule has 0 spiro atoms. The number of aromatic nitrogens is 3. The Morgan fingerprint density at radius 3 is 2.19 bits per heavy atom. The van der Waals surface area contributed by atoms with Crippen LogP contribution in [0.3, 0.4) is 0 Å². The number of imidazole rings is 1. The maximum atomic E-state index is 12.3. The lowest BCUT2D eigenvalue weighted by Gasteiger charge is -2.39. The molecule has 6 rings (SSSR count). The Kier molecular flexibility index (Phi) is 7.82. The van der Waals surface area contributed by atoms with Crippen molar-refractivity contribution in [3.05, 3.63) is 65.2 Å². The van der Waals surface area contributed by atoms with Crippen molar-refractivity contribution in [3.8, 4) is 28.4 Å². The number of hydrogen-bond donors (Lipinski definition) is 2. The number of aliphatic carboxylic acids is 1. The molecule has 8 nitrogen and oxygen atoms in total. The number of carboxylic acids is 1. The molecule has 42 heavy (non-hydrogen) atoms. The number of rotatable bonds is 8. The Labute approximate surface area is 244 Å². The van der Waals surface area contributed by atoms with Crippen LogP contribution in [-0.4, -0.2) is 62.6 Å². The van der Waals surface area contributed by atoms with E-state index >= 15 is 0 Å². The number of fused-ring (bicyclic) bond motifs is 1. The summed E-state index contributed by atoms with van der Waals surface area (Å²) in [5.74, 6) is -1.07. The Bertz CT molecular complexity index is 1560. The fraction of sp³-hybridized carbons (Fsp3) is 0.367. The summed E-state index contributed by atoms with van der Waals surface area (Å²) in [7, 11) is 0. The molecule has 2 N–H and O–H groups in total. The summed E-state index contributed by atoms with van der Waals surface area (Å²) in [5, 5.41) is 9.66. The molecule has 0 radical (unpaired) electrons. The molecule has 2 aromatic heterocycles. The number of H-pyrrole nitrogens is 1. The van der Waals surface area contributed by atoms with Crippen LogP contribution in [0.1, 0.15) is 31.2 Å². The number of hydrogen-bond acceptors (Lipinski definition) is 6. The third kappa shape index (κ3) is 6.53. The fourth-order valence-electron chi connectivity index (χ4n) is 5.54. The summed E-state index contributed by atoms with van der Waals surface area (Å²) in [6, 6.07) is 17.9. The van der Waals surface area contributed by atoms with E-state index in [2.05, 4.69) is 19.7 Å². The van der Waals surface area contributed by atoms with Crippen molar-refractivity contribution in [1.82, 2.24) is 19.9 Å². The van der Waals surface area contributed by atoms with Gasteiger partial charge >= 0.3 is 12.3 Å². The average molecular weight is 601 g/mol. The van der Waals surface area contributed by atoms with Gasteiger partial charge in [-0.1, -0.05) is 60.1 Å². The quantitative estimate of drug-likeness (QED) is 0.232. The van der Waals surface area contributed by atoms with Gasteiger partial charge in [0.15, 0.2) is 5.65 Å². The predicted octanol–water partition coefficient (Wildman–Crippen LogP) is 6.69. The Morgan fingerprint density at radius 2 is 1.57 bits per heavy atom. The molecule has 1 aliphatic carbocycles. The van der Waals surface area contributed by atoms with E-state index in [0.717, 1.165) is 22.3 Å². The largest absolute Gasteiger partial charge is 0.522 e. The van der Waals surface area contributed by atoms with Crippen molar-refractivity contribution in [2.45, 2.75) is 50.8 Å². The molecular formula is C30H28ClF3N4O4. The smallest absolute Gasteiger partial charge is 0.481 e. The molecule has 4 aromatic rings. The normalized spacial score (nSPS) is 20.0. The molecule has 3 heterocycles. The third-order valence-corrected chi connectivity index (χ3v) is 8.07. The first kappa shape index (κ1) is 28.4. The summed E-state index contributed by atoms with van der Waals surface area (Å²) in [6.07, 6.45) is -3.02. The first-order valence-electron chi connectivity index (χ1n) is 13.7. The second-order valence-electron chi connectivity index (χ2n) is 10.8. The highest BCUT2D eigenvalue weighted by Gasteiger charge is 2.39. The number of alkyl halides is 3. The lowest BCUT2D eigenvalue weighted by molar-refractivity contribution is -0.355. The third-order valence-electron chi connectivity index (χ3n) is 7.78. The van der Waals surface area contributed by atoms with Gasteiger partial charge in [-0.05, 0) is 48.4 Å². The fourth-order valence-corrected chi connectivity index (χ4v) is 5.80. The topological polar surface area (TPSA) is 101 Å². The number of benzene rings is 2. The predicted molar refractivity (Wildman–Crippen MR) is 150 cm³/mol. The number of ether oxygens (including phenoxy) is 2. The van der Waals surface area contributed by atoms with Crippen molar-refractivity contribution in [2.24, 2.45) is 5.92 Å². The molecule has 12 heteroatoms. The average Bonchev–Trinajstić information content (AvgIpc) is 3.32. The van der Waals surface area contributed by atoms with E-state index in [4.69, 9.17) is 16.3 Å². The Morgan fingerprint density at radius 1 is 0.952 bits per heavy atom. The lowest BCUT2D eigenvalue weighted by Crippen LogP contribution is -2.53. The number of nitrogens with zero attached hydrogens (tertiary/aromatic N) is 3. The number of likely N-dealkylation sites (tertiary alicyclic amines) is 1. The molecule has 0 amide bonds. The summed E-state index contributed by atoms with van der Waals surface area (Å²) >= 11 is 6.58. The van der Waals surface area contributed by atoms with Gasteiger partial charge in [-0.3, -0.25) is 14.4 Å². The number of pyridine rings is 1. The van der Waals surface area contributed by atoms with E-state index in [0.29, 0.717) is 60.1 Å². The summed E-state index contributed by atoms with van der Waals surface area (Å²) in [5.41, 5.74) is 5.56. The van der Waals surface area contributed by atoms with Gasteiger partial charge in [0, 0.05) is 25.2 Å². The van der Waals surface area contributed by atoms with Crippen LogP contribution in [0.15, 0.2) is 54.6 Å². The van der Waals surface area contributed by atoms with Crippen molar-refractivity contribution in [3.63, 3.8) is 0 Å². The molecule has 220 valence electrons. The molecule has 1 saturated heterocycles. The van der Waals surface area contributed by atoms with Crippen molar-refractivity contribution in [2.75, 3.05) is 13.1 Å². The van der Waals surface area contributed by atoms with E-state index in [1.165, 1.54) is 0 Å². The summed E-state index contributed by atoms with van der Waals surface area (Å²) in [4.78, 5) is 25.4. The first-order valence-corrected chi connectivity index (χ1v) is 14.1. The maximum absolute atomic E-state index is 12.3. The maximum Gasteiger partial charge on any atom is 0.522 e. The van der Waals surface area contributed by atoms with Gasteiger partial charge in [-0.25, -0.2) is 4.98 Å². The zero-order valence-electron chi connectivity index (χ0n) is 22.4. The van der Waals surface area contributed by atoms with Crippen LogP contribution in [0.2, 0.25) is 5.02 Å². The second-order valence-corrected chi connectivity index (χ2v) is 11.2. The second kappa shape index (κ2) is 11.5. The van der Waals surface area contributed by atoms with Gasteiger partial charge < -0.3 is 14.8 Å². The zero-order valence-corrected chi connectivity index (χ0v) is 23.2. The van der Waals surface area contributed by atoms with Crippen molar-refractivity contribution >= 4 is 28.7 Å². The SMILES string of the molecule is O=C(O)C1CCC(Oc2nc3nc(-c4ccc(-c5ccc(CN6CC(OC(F)(F)F)C6)cc5)cc4)c(Cl)cc3[nH]2)CC1. The Hall–Kier alpha value is -3.67. The number of aromatic amines is 1. The molecule has 0 bridgehead atoms. The van der Waals surface area contributed by atoms with Gasteiger partial charge in [0.25, 0.3) is 6.01 Å². The Balaban J connectivity index is 1.08. The molecule has 0 atom stereocenters. The van der Waals surface area contributed by atoms with E-state index < -0.39 is 18.4 Å². The molecule has 0 unspecified atom stereocenters. The molecular weight excluding hydrogens is 573 g/mol. The molecule has 2 aromatic carbocycles. The van der Waals surface area contributed by atoms with E-state index in [-0.39, 0.29) is 25.1 Å². The highest BCUT2D eigenvalue weighted by atomic mass is 35.5. The van der Waals surface area contributed by atoms with Gasteiger partial charge in [-0.2, -0.15) is 4.98 Å². The molecule has 2 fully saturated rings. The van der Waals surface area contributed by atoms with Crippen LogP contribution in [0.25, 0.3) is 33.5 Å². The molecule has 1 saturated carbocycles. The van der Waals surface area contributed by atoms with Gasteiger partial charge in [-0.15, -0.1) is 13.2 Å². The zero-order chi connectivity index (χ0) is 29.4. The minimum atomic E-state index is -4.59. The first-order chi connectivity index (χ1) is 20.1. The molecule has 1 aliphatic heterocycles.